The highest BCUT2D eigenvalue weighted by Crippen LogP contribution is 2.32. The molecule has 0 unspecified atom stereocenters. The van der Waals surface area contributed by atoms with Gasteiger partial charge in [-0.2, -0.15) is 13.8 Å². The van der Waals surface area contributed by atoms with Crippen LogP contribution in [0.25, 0.3) is 11.4 Å². The maximum Gasteiger partial charge on any atom is 0.387 e. The van der Waals surface area contributed by atoms with Crippen molar-refractivity contribution in [3.05, 3.63) is 53.4 Å². The quantitative estimate of drug-likeness (QED) is 0.597. The Bertz CT molecular complexity index is 975. The highest BCUT2D eigenvalue weighted by molar-refractivity contribution is 5.60. The molecule has 0 saturated carbocycles. The second kappa shape index (κ2) is 7.84. The zero-order chi connectivity index (χ0) is 19.5. The number of methoxy groups -OCH3 is 1. The zero-order valence-corrected chi connectivity index (χ0v) is 15.2. The third kappa shape index (κ3) is 3.90. The molecule has 0 saturated heterocycles. The van der Waals surface area contributed by atoms with Gasteiger partial charge in [0, 0.05) is 5.56 Å². The van der Waals surface area contributed by atoms with Gasteiger partial charge in [0.1, 0.15) is 5.75 Å². The van der Waals surface area contributed by atoms with Gasteiger partial charge < -0.3 is 18.7 Å². The number of benzene rings is 2. The van der Waals surface area contributed by atoms with Crippen LogP contribution in [0, 0.1) is 0 Å². The third-order valence-electron chi connectivity index (χ3n) is 4.54. The van der Waals surface area contributed by atoms with Crippen LogP contribution in [0.3, 0.4) is 0 Å². The van der Waals surface area contributed by atoms with E-state index in [0.717, 1.165) is 18.6 Å². The number of aryl methyl sites for hydroxylation is 2. The van der Waals surface area contributed by atoms with E-state index >= 15 is 0 Å². The number of hydrogen-bond donors (Lipinski definition) is 0. The lowest BCUT2D eigenvalue weighted by molar-refractivity contribution is -0.0512. The lowest BCUT2D eigenvalue weighted by Crippen LogP contribution is -2.03. The van der Waals surface area contributed by atoms with E-state index in [1.165, 1.54) is 36.8 Å². The molecule has 1 aliphatic carbocycles. The van der Waals surface area contributed by atoms with Gasteiger partial charge >= 0.3 is 6.61 Å². The van der Waals surface area contributed by atoms with E-state index < -0.39 is 6.61 Å². The second-order valence-corrected chi connectivity index (χ2v) is 6.33. The minimum Gasteiger partial charge on any atom is -0.493 e. The highest BCUT2D eigenvalue weighted by atomic mass is 19.3. The predicted octanol–water partition coefficient (Wildman–Crippen LogP) is 4.41. The molecule has 28 heavy (non-hydrogen) atoms. The Morgan fingerprint density at radius 2 is 1.93 bits per heavy atom. The van der Waals surface area contributed by atoms with E-state index in [9.17, 15) is 8.78 Å². The Kier molecular flexibility index (Phi) is 5.10. The molecule has 146 valence electrons. The Morgan fingerprint density at radius 1 is 1.07 bits per heavy atom. The molecule has 6 nitrogen and oxygen atoms in total. The van der Waals surface area contributed by atoms with Gasteiger partial charge in [-0.25, -0.2) is 0 Å². The number of hydrogen-bond acceptors (Lipinski definition) is 6. The zero-order valence-electron chi connectivity index (χ0n) is 15.2. The van der Waals surface area contributed by atoms with Crippen molar-refractivity contribution >= 4 is 0 Å². The van der Waals surface area contributed by atoms with Crippen LogP contribution in [-0.2, 0) is 19.4 Å². The molecular weight excluding hydrogens is 370 g/mol. The van der Waals surface area contributed by atoms with Crippen molar-refractivity contribution in [3.8, 4) is 28.6 Å². The largest absolute Gasteiger partial charge is 0.493 e. The Labute approximate surface area is 160 Å². The van der Waals surface area contributed by atoms with Crippen LogP contribution in [0.2, 0.25) is 0 Å². The van der Waals surface area contributed by atoms with Crippen molar-refractivity contribution in [1.29, 1.82) is 0 Å². The molecule has 0 aliphatic heterocycles. The van der Waals surface area contributed by atoms with Crippen LogP contribution in [-0.4, -0.2) is 23.9 Å². The van der Waals surface area contributed by atoms with Crippen LogP contribution in [0.15, 0.2) is 40.9 Å². The van der Waals surface area contributed by atoms with Crippen molar-refractivity contribution in [2.75, 3.05) is 7.11 Å². The molecule has 1 heterocycles. The molecule has 0 bridgehead atoms. The summed E-state index contributed by atoms with van der Waals surface area (Å²) >= 11 is 0. The van der Waals surface area contributed by atoms with Gasteiger partial charge in [0.2, 0.25) is 5.82 Å². The Balaban J connectivity index is 1.45. The van der Waals surface area contributed by atoms with Crippen LogP contribution in [0.4, 0.5) is 8.78 Å². The third-order valence-corrected chi connectivity index (χ3v) is 4.54. The SMILES string of the molecule is COc1cc(-c2noc(COc3ccc4c(c3)CCC4)n2)ccc1OC(F)F. The summed E-state index contributed by atoms with van der Waals surface area (Å²) in [5.74, 6) is 1.45. The van der Waals surface area contributed by atoms with Crippen LogP contribution < -0.4 is 14.2 Å². The highest BCUT2D eigenvalue weighted by Gasteiger charge is 2.16. The fourth-order valence-corrected chi connectivity index (χ4v) is 3.21. The van der Waals surface area contributed by atoms with Gasteiger partial charge in [-0.1, -0.05) is 11.2 Å². The summed E-state index contributed by atoms with van der Waals surface area (Å²) in [5, 5.41) is 3.91. The normalized spacial score (nSPS) is 12.9. The van der Waals surface area contributed by atoms with Gasteiger partial charge in [0.25, 0.3) is 5.89 Å². The summed E-state index contributed by atoms with van der Waals surface area (Å²) in [6, 6.07) is 10.5. The number of aromatic nitrogens is 2. The first-order valence-corrected chi connectivity index (χ1v) is 8.83. The van der Waals surface area contributed by atoms with Crippen molar-refractivity contribution in [3.63, 3.8) is 0 Å². The summed E-state index contributed by atoms with van der Waals surface area (Å²) < 4.78 is 45.3. The van der Waals surface area contributed by atoms with Gasteiger partial charge in [0.15, 0.2) is 18.1 Å². The fraction of sp³-hybridized carbons (Fsp3) is 0.300. The molecule has 8 heteroatoms. The number of halogens is 2. The average Bonchev–Trinajstić information content (AvgIpc) is 3.35. The topological polar surface area (TPSA) is 66.6 Å². The molecule has 0 spiro atoms. The molecule has 1 aromatic heterocycles. The molecule has 0 radical (unpaired) electrons. The summed E-state index contributed by atoms with van der Waals surface area (Å²) in [4.78, 5) is 4.29. The van der Waals surface area contributed by atoms with Crippen molar-refractivity contribution in [2.24, 2.45) is 0 Å². The number of rotatable bonds is 7. The molecule has 0 N–H and O–H groups in total. The Hall–Kier alpha value is -3.16. The number of ether oxygens (including phenoxy) is 3. The molecule has 1 aliphatic rings. The van der Waals surface area contributed by atoms with E-state index in [-0.39, 0.29) is 18.1 Å². The van der Waals surface area contributed by atoms with Crippen molar-refractivity contribution < 1.29 is 27.5 Å². The summed E-state index contributed by atoms with van der Waals surface area (Å²) in [5.41, 5.74) is 3.24. The standard InChI is InChI=1S/C20H18F2N2O4/c1-25-17-10-14(6-8-16(17)27-20(21)22)19-23-18(28-24-19)11-26-15-7-5-12-3-2-4-13(12)9-15/h5-10,20H,2-4,11H2,1H3. The number of fused-ring (bicyclic) bond motifs is 1. The molecular formula is C20H18F2N2O4. The monoisotopic (exact) mass is 388 g/mol. The molecule has 3 aromatic rings. The minimum absolute atomic E-state index is 0.0649. The first kappa shape index (κ1) is 18.2. The molecule has 2 aromatic carbocycles. The maximum atomic E-state index is 12.4. The molecule has 4 rings (SSSR count). The van der Waals surface area contributed by atoms with Gasteiger partial charge in [0.05, 0.1) is 7.11 Å². The first-order valence-electron chi connectivity index (χ1n) is 8.83. The van der Waals surface area contributed by atoms with E-state index in [1.807, 2.05) is 12.1 Å². The predicted molar refractivity (Wildman–Crippen MR) is 95.7 cm³/mol. The first-order chi connectivity index (χ1) is 13.6. The van der Waals surface area contributed by atoms with Gasteiger partial charge in [-0.15, -0.1) is 0 Å². The minimum atomic E-state index is -2.94. The molecule has 0 amide bonds. The summed E-state index contributed by atoms with van der Waals surface area (Å²) in [6.45, 7) is -2.80. The van der Waals surface area contributed by atoms with E-state index in [4.69, 9.17) is 14.0 Å². The van der Waals surface area contributed by atoms with Gasteiger partial charge in [-0.05, 0) is 60.7 Å². The van der Waals surface area contributed by atoms with Crippen LogP contribution in [0.5, 0.6) is 17.2 Å². The maximum absolute atomic E-state index is 12.4. The second-order valence-electron chi connectivity index (χ2n) is 6.33. The fourth-order valence-electron chi connectivity index (χ4n) is 3.21. The van der Waals surface area contributed by atoms with E-state index in [0.29, 0.717) is 17.3 Å². The average molecular weight is 388 g/mol. The van der Waals surface area contributed by atoms with E-state index in [2.05, 4.69) is 20.9 Å². The smallest absolute Gasteiger partial charge is 0.387 e. The number of nitrogens with zero attached hydrogens (tertiary/aromatic N) is 2. The number of alkyl halides is 2. The Morgan fingerprint density at radius 3 is 2.75 bits per heavy atom. The van der Waals surface area contributed by atoms with Crippen molar-refractivity contribution in [1.82, 2.24) is 10.1 Å². The lowest BCUT2D eigenvalue weighted by Gasteiger charge is -2.10. The van der Waals surface area contributed by atoms with Crippen LogP contribution >= 0.6 is 0 Å². The van der Waals surface area contributed by atoms with Crippen molar-refractivity contribution in [2.45, 2.75) is 32.5 Å². The van der Waals surface area contributed by atoms with Gasteiger partial charge in [-0.3, -0.25) is 0 Å². The summed E-state index contributed by atoms with van der Waals surface area (Å²) in [6.07, 6.45) is 3.37. The molecule has 0 fully saturated rings. The van der Waals surface area contributed by atoms with Crippen LogP contribution in [0.1, 0.15) is 23.4 Å². The van der Waals surface area contributed by atoms with E-state index in [1.54, 1.807) is 6.07 Å². The lowest BCUT2D eigenvalue weighted by atomic mass is 10.1. The summed E-state index contributed by atoms with van der Waals surface area (Å²) in [7, 11) is 1.36. The molecule has 0 atom stereocenters.